The molecule has 2 N–H and O–H groups in total. The third-order valence-corrected chi connectivity index (χ3v) is 4.44. The Bertz CT molecular complexity index is 601. The number of nitrogens with two attached hydrogens (primary N) is 1. The van der Waals surface area contributed by atoms with Crippen molar-refractivity contribution in [3.05, 3.63) is 17.2 Å². The van der Waals surface area contributed by atoms with Crippen molar-refractivity contribution < 1.29 is 0 Å². The summed E-state index contributed by atoms with van der Waals surface area (Å²) in [7, 11) is 0. The quantitative estimate of drug-likeness (QED) is 0.858. The minimum Gasteiger partial charge on any atom is -0.383 e. The number of anilines is 1. The first-order valence-electron chi connectivity index (χ1n) is 5.90. The lowest BCUT2D eigenvalue weighted by molar-refractivity contribution is 0.538. The highest BCUT2D eigenvalue weighted by Gasteiger charge is 2.21. The van der Waals surface area contributed by atoms with E-state index >= 15 is 0 Å². The van der Waals surface area contributed by atoms with Gasteiger partial charge in [-0.05, 0) is 37.1 Å². The monoisotopic (exact) mass is 295 g/mol. The molecule has 2 aromatic heterocycles. The molecule has 2 rings (SSSR count). The molecule has 0 unspecified atom stereocenters. The molecule has 2 heterocycles. The summed E-state index contributed by atoms with van der Waals surface area (Å²) in [5.41, 5.74) is 6.74. The van der Waals surface area contributed by atoms with Crippen molar-refractivity contribution >= 4 is 29.1 Å². The van der Waals surface area contributed by atoms with Crippen molar-refractivity contribution in [3.8, 4) is 0 Å². The van der Waals surface area contributed by atoms with Gasteiger partial charge in [0.05, 0.1) is 0 Å². The molecule has 2 aromatic rings. The van der Waals surface area contributed by atoms with E-state index in [9.17, 15) is 0 Å². The summed E-state index contributed by atoms with van der Waals surface area (Å²) in [6.45, 7) is 10.0. The van der Waals surface area contributed by atoms with Crippen LogP contribution in [0.1, 0.15) is 38.0 Å². The van der Waals surface area contributed by atoms with Crippen molar-refractivity contribution in [1.29, 1.82) is 0 Å². The highest BCUT2D eigenvalue weighted by molar-refractivity contribution is 8.00. The molecule has 0 saturated carbocycles. The largest absolute Gasteiger partial charge is 0.383 e. The molecule has 19 heavy (non-hydrogen) atoms. The minimum atomic E-state index is -0.131. The maximum absolute atomic E-state index is 5.98. The molecule has 0 saturated heterocycles. The van der Waals surface area contributed by atoms with Crippen LogP contribution in [0.5, 0.6) is 0 Å². The average Bonchev–Trinajstić information content (AvgIpc) is 2.69. The number of aromatic nitrogens is 4. The van der Waals surface area contributed by atoms with Crippen molar-refractivity contribution in [3.63, 3.8) is 0 Å². The first-order valence-corrected chi connectivity index (χ1v) is 7.49. The van der Waals surface area contributed by atoms with Crippen molar-refractivity contribution in [2.45, 2.75) is 49.4 Å². The summed E-state index contributed by atoms with van der Waals surface area (Å²) < 4.78 is 5.04. The molecule has 102 valence electrons. The van der Waals surface area contributed by atoms with E-state index in [1.165, 1.54) is 23.3 Å². The van der Waals surface area contributed by atoms with Crippen LogP contribution in [0, 0.1) is 13.8 Å². The Morgan fingerprint density at radius 3 is 2.32 bits per heavy atom. The second-order valence-electron chi connectivity index (χ2n) is 5.32. The molecule has 5 nitrogen and oxygen atoms in total. The van der Waals surface area contributed by atoms with Gasteiger partial charge in [0.1, 0.15) is 22.5 Å². The molecule has 0 atom stereocenters. The standard InChI is InChI=1S/C12H17N5S2/c1-6-8(13)15-10(12(3,4)5)16-9(6)18-11-14-7(2)17-19-11/h1-5H3,(H2,13,15,16). The fraction of sp³-hybridized carbons (Fsp3) is 0.500. The average molecular weight is 295 g/mol. The topological polar surface area (TPSA) is 77.6 Å². The van der Waals surface area contributed by atoms with Gasteiger partial charge >= 0.3 is 0 Å². The van der Waals surface area contributed by atoms with Crippen LogP contribution in [0.4, 0.5) is 5.82 Å². The lowest BCUT2D eigenvalue weighted by Gasteiger charge is -2.18. The van der Waals surface area contributed by atoms with Crippen LogP contribution in [-0.4, -0.2) is 19.3 Å². The van der Waals surface area contributed by atoms with Crippen molar-refractivity contribution in [1.82, 2.24) is 19.3 Å². The van der Waals surface area contributed by atoms with Gasteiger partial charge in [-0.15, -0.1) is 0 Å². The van der Waals surface area contributed by atoms with Gasteiger partial charge in [-0.25, -0.2) is 15.0 Å². The van der Waals surface area contributed by atoms with Crippen LogP contribution < -0.4 is 5.73 Å². The summed E-state index contributed by atoms with van der Waals surface area (Å²) in [6.07, 6.45) is 0. The first-order chi connectivity index (χ1) is 8.77. The number of hydrogen-bond donors (Lipinski definition) is 1. The predicted molar refractivity (Wildman–Crippen MR) is 78.7 cm³/mol. The van der Waals surface area contributed by atoms with E-state index in [2.05, 4.69) is 40.1 Å². The Labute approximate surface area is 121 Å². The van der Waals surface area contributed by atoms with Crippen LogP contribution in [0.15, 0.2) is 9.37 Å². The molecule has 7 heteroatoms. The van der Waals surface area contributed by atoms with E-state index < -0.39 is 0 Å². The van der Waals surface area contributed by atoms with Gasteiger partial charge in [0.15, 0.2) is 4.34 Å². The smallest absolute Gasteiger partial charge is 0.176 e. The van der Waals surface area contributed by atoms with E-state index in [1.54, 1.807) is 0 Å². The molecule has 0 aromatic carbocycles. The van der Waals surface area contributed by atoms with E-state index in [-0.39, 0.29) is 5.41 Å². The zero-order valence-corrected chi connectivity index (χ0v) is 13.3. The summed E-state index contributed by atoms with van der Waals surface area (Å²) in [5, 5.41) is 0.855. The Hall–Kier alpha value is -1.21. The summed E-state index contributed by atoms with van der Waals surface area (Å²) >= 11 is 2.87. The Morgan fingerprint density at radius 2 is 1.79 bits per heavy atom. The molecule has 0 fully saturated rings. The minimum absolute atomic E-state index is 0.131. The Kier molecular flexibility index (Phi) is 3.78. The Morgan fingerprint density at radius 1 is 1.11 bits per heavy atom. The lowest BCUT2D eigenvalue weighted by Crippen LogP contribution is -2.18. The number of hydrogen-bond acceptors (Lipinski definition) is 7. The molecule has 0 aliphatic heterocycles. The lowest BCUT2D eigenvalue weighted by atomic mass is 9.95. The summed E-state index contributed by atoms with van der Waals surface area (Å²) in [5.74, 6) is 2.06. The molecular formula is C12H17N5S2. The zero-order chi connectivity index (χ0) is 14.2. The molecule has 0 spiro atoms. The van der Waals surface area contributed by atoms with E-state index in [0.29, 0.717) is 5.82 Å². The van der Waals surface area contributed by atoms with Gasteiger partial charge in [-0.2, -0.15) is 4.37 Å². The third-order valence-electron chi connectivity index (χ3n) is 2.50. The van der Waals surface area contributed by atoms with Gasteiger partial charge in [-0.3, -0.25) is 0 Å². The first kappa shape index (κ1) is 14.2. The normalized spacial score (nSPS) is 11.8. The fourth-order valence-corrected chi connectivity index (χ4v) is 3.00. The zero-order valence-electron chi connectivity index (χ0n) is 11.7. The maximum atomic E-state index is 5.98. The fourth-order valence-electron chi connectivity index (χ4n) is 1.35. The van der Waals surface area contributed by atoms with E-state index in [0.717, 1.165) is 26.6 Å². The predicted octanol–water partition coefficient (Wildman–Crippen LogP) is 2.98. The van der Waals surface area contributed by atoms with E-state index in [1.807, 2.05) is 13.8 Å². The summed E-state index contributed by atoms with van der Waals surface area (Å²) in [4.78, 5) is 13.3. The number of nitrogen functional groups attached to an aromatic ring is 1. The number of nitrogens with zero attached hydrogens (tertiary/aromatic N) is 4. The van der Waals surface area contributed by atoms with Crippen LogP contribution >= 0.6 is 23.3 Å². The van der Waals surface area contributed by atoms with Gasteiger partial charge < -0.3 is 5.73 Å². The summed E-state index contributed by atoms with van der Waals surface area (Å²) in [6, 6.07) is 0. The van der Waals surface area contributed by atoms with E-state index in [4.69, 9.17) is 5.73 Å². The molecule has 0 radical (unpaired) electrons. The second-order valence-corrected chi connectivity index (χ2v) is 7.31. The highest BCUT2D eigenvalue weighted by Crippen LogP contribution is 2.33. The number of aryl methyl sites for hydroxylation is 1. The second kappa shape index (κ2) is 5.05. The molecule has 0 aliphatic carbocycles. The third kappa shape index (κ3) is 3.22. The van der Waals surface area contributed by atoms with Crippen molar-refractivity contribution in [2.75, 3.05) is 5.73 Å². The van der Waals surface area contributed by atoms with Gasteiger partial charge in [-0.1, -0.05) is 20.8 Å². The molecular weight excluding hydrogens is 278 g/mol. The highest BCUT2D eigenvalue weighted by atomic mass is 32.2. The van der Waals surface area contributed by atoms with Gasteiger partial charge in [0.25, 0.3) is 0 Å². The number of rotatable bonds is 2. The van der Waals surface area contributed by atoms with Crippen molar-refractivity contribution in [2.24, 2.45) is 0 Å². The molecule has 0 bridgehead atoms. The SMILES string of the molecule is Cc1nsc(Sc2nc(C(C)(C)C)nc(N)c2C)n1. The molecule has 0 aliphatic rings. The van der Waals surface area contributed by atoms with Gasteiger partial charge in [0.2, 0.25) is 0 Å². The van der Waals surface area contributed by atoms with Gasteiger partial charge in [0, 0.05) is 11.0 Å². The molecule has 0 amide bonds. The Balaban J connectivity index is 2.41. The van der Waals surface area contributed by atoms with Crippen LogP contribution in [-0.2, 0) is 5.41 Å². The van der Waals surface area contributed by atoms with Crippen LogP contribution in [0.3, 0.4) is 0 Å². The van der Waals surface area contributed by atoms with Crippen LogP contribution in [0.25, 0.3) is 0 Å². The maximum Gasteiger partial charge on any atom is 0.176 e. The van der Waals surface area contributed by atoms with Crippen LogP contribution in [0.2, 0.25) is 0 Å².